The predicted octanol–water partition coefficient (Wildman–Crippen LogP) is 4.17. The summed E-state index contributed by atoms with van der Waals surface area (Å²) in [4.78, 5) is 12.8. The summed E-state index contributed by atoms with van der Waals surface area (Å²) in [6.07, 6.45) is 0.514. The molecule has 0 spiro atoms. The van der Waals surface area contributed by atoms with Crippen LogP contribution in [0.1, 0.15) is 56.3 Å². The highest BCUT2D eigenvalue weighted by Gasteiger charge is 2.20. The van der Waals surface area contributed by atoms with Crippen LogP contribution in [0.4, 0.5) is 0 Å². The summed E-state index contributed by atoms with van der Waals surface area (Å²) < 4.78 is 29.1. The molecule has 2 aromatic rings. The summed E-state index contributed by atoms with van der Waals surface area (Å²) in [6, 6.07) is 12.3. The van der Waals surface area contributed by atoms with E-state index in [0.29, 0.717) is 0 Å². The molecule has 0 bridgehead atoms. The highest BCUT2D eigenvalue weighted by atomic mass is 32.2. The maximum atomic E-state index is 12.6. The fraction of sp³-hybridized carbons (Fsp3) is 0.409. The van der Waals surface area contributed by atoms with Crippen molar-refractivity contribution >= 4 is 15.7 Å². The van der Waals surface area contributed by atoms with Gasteiger partial charge in [-0.3, -0.25) is 4.79 Å². The molecule has 0 aromatic heterocycles. The molecule has 5 nitrogen and oxygen atoms in total. The van der Waals surface area contributed by atoms with Crippen molar-refractivity contribution in [3.05, 3.63) is 59.2 Å². The number of carbonyl (C=O) groups excluding carboxylic acids is 1. The SMILES string of the molecule is Cc1ccc(C(C)C)c(O[C@@H](C)C(=O)N[C@H](C)c2ccc(S(C)(=O)=O)cc2)c1. The van der Waals surface area contributed by atoms with Gasteiger partial charge in [-0.2, -0.15) is 0 Å². The van der Waals surface area contributed by atoms with Gasteiger partial charge in [0.2, 0.25) is 0 Å². The van der Waals surface area contributed by atoms with Crippen molar-refractivity contribution in [2.45, 2.75) is 57.6 Å². The molecule has 0 unspecified atom stereocenters. The lowest BCUT2D eigenvalue weighted by molar-refractivity contribution is -0.127. The quantitative estimate of drug-likeness (QED) is 0.753. The van der Waals surface area contributed by atoms with Crippen molar-refractivity contribution in [2.75, 3.05) is 6.26 Å². The second-order valence-electron chi connectivity index (χ2n) is 7.53. The van der Waals surface area contributed by atoms with E-state index in [-0.39, 0.29) is 22.8 Å². The topological polar surface area (TPSA) is 72.5 Å². The molecular formula is C22H29NO4S. The number of nitrogens with one attached hydrogen (secondary N) is 1. The molecule has 0 fully saturated rings. The Kier molecular flexibility index (Phi) is 6.88. The number of sulfone groups is 1. The third kappa shape index (κ3) is 5.58. The van der Waals surface area contributed by atoms with Gasteiger partial charge in [-0.05, 0) is 61.6 Å². The second kappa shape index (κ2) is 8.78. The first-order valence-corrected chi connectivity index (χ1v) is 11.3. The fourth-order valence-electron chi connectivity index (χ4n) is 2.88. The molecular weight excluding hydrogens is 374 g/mol. The van der Waals surface area contributed by atoms with Gasteiger partial charge in [-0.25, -0.2) is 8.42 Å². The van der Waals surface area contributed by atoms with Crippen molar-refractivity contribution in [1.82, 2.24) is 5.32 Å². The van der Waals surface area contributed by atoms with E-state index < -0.39 is 15.9 Å². The molecule has 0 heterocycles. The molecule has 2 rings (SSSR count). The highest BCUT2D eigenvalue weighted by molar-refractivity contribution is 7.90. The number of rotatable bonds is 7. The van der Waals surface area contributed by atoms with Crippen LogP contribution in [0.5, 0.6) is 5.75 Å². The lowest BCUT2D eigenvalue weighted by Crippen LogP contribution is -2.38. The molecule has 0 aliphatic rings. The number of aryl methyl sites for hydroxylation is 1. The maximum absolute atomic E-state index is 12.6. The first kappa shape index (κ1) is 22.0. The summed E-state index contributed by atoms with van der Waals surface area (Å²) in [6.45, 7) is 9.74. The Bertz CT molecular complexity index is 934. The van der Waals surface area contributed by atoms with Crippen molar-refractivity contribution < 1.29 is 17.9 Å². The summed E-state index contributed by atoms with van der Waals surface area (Å²) in [5.74, 6) is 0.789. The van der Waals surface area contributed by atoms with E-state index in [4.69, 9.17) is 4.74 Å². The monoisotopic (exact) mass is 403 g/mol. The molecule has 0 aliphatic heterocycles. The van der Waals surface area contributed by atoms with E-state index in [1.807, 2.05) is 32.0 Å². The summed E-state index contributed by atoms with van der Waals surface area (Å²) in [5, 5.41) is 2.92. The minimum Gasteiger partial charge on any atom is -0.481 e. The Hall–Kier alpha value is -2.34. The van der Waals surface area contributed by atoms with Crippen molar-refractivity contribution in [2.24, 2.45) is 0 Å². The molecule has 28 heavy (non-hydrogen) atoms. The molecule has 0 radical (unpaired) electrons. The lowest BCUT2D eigenvalue weighted by Gasteiger charge is -2.21. The first-order valence-electron chi connectivity index (χ1n) is 9.36. The van der Waals surface area contributed by atoms with Crippen LogP contribution in [0.15, 0.2) is 47.4 Å². The average molecular weight is 404 g/mol. The van der Waals surface area contributed by atoms with E-state index in [1.54, 1.807) is 31.2 Å². The van der Waals surface area contributed by atoms with Gasteiger partial charge in [0.1, 0.15) is 5.75 Å². The molecule has 152 valence electrons. The Morgan fingerprint density at radius 1 is 1.00 bits per heavy atom. The van der Waals surface area contributed by atoms with Crippen LogP contribution in [0, 0.1) is 6.92 Å². The van der Waals surface area contributed by atoms with Crippen molar-refractivity contribution in [3.63, 3.8) is 0 Å². The van der Waals surface area contributed by atoms with Crippen LogP contribution in [0.2, 0.25) is 0 Å². The summed E-state index contributed by atoms with van der Waals surface area (Å²) >= 11 is 0. The maximum Gasteiger partial charge on any atom is 0.261 e. The lowest BCUT2D eigenvalue weighted by atomic mass is 10.0. The smallest absolute Gasteiger partial charge is 0.261 e. The van der Waals surface area contributed by atoms with Gasteiger partial charge in [0, 0.05) is 6.26 Å². The van der Waals surface area contributed by atoms with Crippen LogP contribution in [0.25, 0.3) is 0 Å². The van der Waals surface area contributed by atoms with E-state index >= 15 is 0 Å². The summed E-state index contributed by atoms with van der Waals surface area (Å²) in [7, 11) is -3.24. The van der Waals surface area contributed by atoms with Crippen molar-refractivity contribution in [3.8, 4) is 5.75 Å². The van der Waals surface area contributed by atoms with E-state index in [2.05, 4.69) is 19.2 Å². The highest BCUT2D eigenvalue weighted by Crippen LogP contribution is 2.28. The van der Waals surface area contributed by atoms with Crippen molar-refractivity contribution in [1.29, 1.82) is 0 Å². The first-order chi connectivity index (χ1) is 13.0. The third-order valence-electron chi connectivity index (χ3n) is 4.63. The van der Waals surface area contributed by atoms with Crippen LogP contribution in [0.3, 0.4) is 0 Å². The minimum atomic E-state index is -3.24. The molecule has 0 aliphatic carbocycles. The Morgan fingerprint density at radius 2 is 1.61 bits per heavy atom. The zero-order valence-corrected chi connectivity index (χ0v) is 18.1. The normalized spacial score (nSPS) is 13.8. The van der Waals surface area contributed by atoms with E-state index in [9.17, 15) is 13.2 Å². The average Bonchev–Trinajstić information content (AvgIpc) is 2.60. The molecule has 1 amide bonds. The van der Waals surface area contributed by atoms with Gasteiger partial charge >= 0.3 is 0 Å². The number of carbonyl (C=O) groups is 1. The predicted molar refractivity (Wildman–Crippen MR) is 111 cm³/mol. The van der Waals surface area contributed by atoms with Crippen LogP contribution >= 0.6 is 0 Å². The number of amides is 1. The molecule has 6 heteroatoms. The van der Waals surface area contributed by atoms with Crippen LogP contribution in [-0.2, 0) is 14.6 Å². The van der Waals surface area contributed by atoms with Crippen LogP contribution in [-0.4, -0.2) is 26.7 Å². The number of ether oxygens (including phenoxy) is 1. The van der Waals surface area contributed by atoms with E-state index in [0.717, 1.165) is 22.4 Å². The molecule has 2 atom stereocenters. The molecule has 0 saturated heterocycles. The Balaban J connectivity index is 2.07. The standard InChI is InChI=1S/C22H29NO4S/c1-14(2)20-12-7-15(3)13-21(20)27-17(5)22(24)23-16(4)18-8-10-19(11-9-18)28(6,25)26/h7-14,16-17H,1-6H3,(H,23,24)/t16-,17+/m1/s1. The fourth-order valence-corrected chi connectivity index (χ4v) is 3.51. The zero-order chi connectivity index (χ0) is 21.1. The Morgan fingerprint density at radius 3 is 2.14 bits per heavy atom. The number of benzene rings is 2. The van der Waals surface area contributed by atoms with Gasteiger partial charge in [-0.1, -0.05) is 38.1 Å². The Labute approximate surface area is 168 Å². The molecule has 0 saturated carbocycles. The number of hydrogen-bond donors (Lipinski definition) is 1. The summed E-state index contributed by atoms with van der Waals surface area (Å²) in [5.41, 5.74) is 2.97. The second-order valence-corrected chi connectivity index (χ2v) is 9.54. The number of hydrogen-bond acceptors (Lipinski definition) is 4. The largest absolute Gasteiger partial charge is 0.481 e. The van der Waals surface area contributed by atoms with Gasteiger partial charge < -0.3 is 10.1 Å². The van der Waals surface area contributed by atoms with Crippen LogP contribution < -0.4 is 10.1 Å². The third-order valence-corrected chi connectivity index (χ3v) is 5.76. The van der Waals surface area contributed by atoms with Gasteiger partial charge in [0.25, 0.3) is 5.91 Å². The molecule has 1 N–H and O–H groups in total. The van der Waals surface area contributed by atoms with E-state index in [1.165, 1.54) is 6.26 Å². The van der Waals surface area contributed by atoms with Gasteiger partial charge in [-0.15, -0.1) is 0 Å². The van der Waals surface area contributed by atoms with Gasteiger partial charge in [0.05, 0.1) is 10.9 Å². The van der Waals surface area contributed by atoms with Gasteiger partial charge in [0.15, 0.2) is 15.9 Å². The molecule has 2 aromatic carbocycles. The zero-order valence-electron chi connectivity index (χ0n) is 17.3. The minimum absolute atomic E-state index is 0.226.